The predicted molar refractivity (Wildman–Crippen MR) is 65.9 cm³/mol. The van der Waals surface area contributed by atoms with Gasteiger partial charge in [0.05, 0.1) is 6.10 Å². The lowest BCUT2D eigenvalue weighted by molar-refractivity contribution is 0.223. The Morgan fingerprint density at radius 2 is 2.13 bits per heavy atom. The molecule has 1 N–H and O–H groups in total. The summed E-state index contributed by atoms with van der Waals surface area (Å²) in [5.74, 6) is 1.00. The monoisotopic (exact) mass is 242 g/mol. The van der Waals surface area contributed by atoms with Crippen molar-refractivity contribution >= 4 is 23.4 Å². The van der Waals surface area contributed by atoms with Crippen LogP contribution in [0.15, 0.2) is 23.1 Å². The van der Waals surface area contributed by atoms with Gasteiger partial charge in [-0.15, -0.1) is 23.4 Å². The van der Waals surface area contributed by atoms with Gasteiger partial charge in [-0.25, -0.2) is 0 Å². The summed E-state index contributed by atoms with van der Waals surface area (Å²) in [6.07, 6.45) is 3.32. The van der Waals surface area contributed by atoms with Crippen LogP contribution in [0.1, 0.15) is 17.5 Å². The van der Waals surface area contributed by atoms with Crippen molar-refractivity contribution in [2.45, 2.75) is 30.3 Å². The number of benzene rings is 1. The molecule has 0 radical (unpaired) electrons. The Morgan fingerprint density at radius 1 is 1.33 bits per heavy atom. The minimum absolute atomic E-state index is 0.317. The van der Waals surface area contributed by atoms with E-state index in [2.05, 4.69) is 18.2 Å². The van der Waals surface area contributed by atoms with Gasteiger partial charge in [0.1, 0.15) is 0 Å². The highest BCUT2D eigenvalue weighted by Gasteiger charge is 2.11. The van der Waals surface area contributed by atoms with Crippen molar-refractivity contribution in [1.29, 1.82) is 0 Å². The molecule has 0 heterocycles. The molecule has 0 saturated carbocycles. The van der Waals surface area contributed by atoms with Crippen molar-refractivity contribution in [3.63, 3.8) is 0 Å². The molecule has 1 aromatic rings. The molecule has 1 aliphatic carbocycles. The summed E-state index contributed by atoms with van der Waals surface area (Å²) < 4.78 is 0. The normalized spacial score (nSPS) is 16.4. The lowest BCUT2D eigenvalue weighted by Gasteiger charge is -2.07. The van der Waals surface area contributed by atoms with Crippen LogP contribution in [0, 0.1) is 0 Å². The zero-order valence-electron chi connectivity index (χ0n) is 8.58. The standard InChI is InChI=1S/C12H15ClOS/c13-7-11(14)8-15-12-5-4-9-2-1-3-10(9)6-12/h4-6,11,14H,1-3,7-8H2. The van der Waals surface area contributed by atoms with Crippen molar-refractivity contribution in [2.24, 2.45) is 0 Å². The molecule has 1 atom stereocenters. The molecule has 1 unspecified atom stereocenters. The fourth-order valence-electron chi connectivity index (χ4n) is 1.87. The van der Waals surface area contributed by atoms with Crippen LogP contribution < -0.4 is 0 Å². The first-order valence-corrected chi connectivity index (χ1v) is 6.80. The van der Waals surface area contributed by atoms with Gasteiger partial charge in [-0.2, -0.15) is 0 Å². The third kappa shape index (κ3) is 2.90. The van der Waals surface area contributed by atoms with Crippen molar-refractivity contribution in [2.75, 3.05) is 11.6 Å². The van der Waals surface area contributed by atoms with Gasteiger partial charge in [-0.1, -0.05) is 6.07 Å². The van der Waals surface area contributed by atoms with Crippen LogP contribution in [-0.2, 0) is 12.8 Å². The van der Waals surface area contributed by atoms with E-state index in [0.29, 0.717) is 11.6 Å². The van der Waals surface area contributed by atoms with Gasteiger partial charge in [0, 0.05) is 16.5 Å². The number of aliphatic hydroxyl groups is 1. The van der Waals surface area contributed by atoms with E-state index in [1.54, 1.807) is 11.8 Å². The minimum atomic E-state index is -0.398. The quantitative estimate of drug-likeness (QED) is 0.647. The molecule has 2 rings (SSSR count). The van der Waals surface area contributed by atoms with E-state index in [9.17, 15) is 5.11 Å². The molecule has 0 saturated heterocycles. The number of rotatable bonds is 4. The topological polar surface area (TPSA) is 20.2 Å². The van der Waals surface area contributed by atoms with Gasteiger partial charge < -0.3 is 5.11 Å². The van der Waals surface area contributed by atoms with Gasteiger partial charge in [-0.3, -0.25) is 0 Å². The van der Waals surface area contributed by atoms with Gasteiger partial charge in [-0.05, 0) is 42.5 Å². The summed E-state index contributed by atoms with van der Waals surface area (Å²) >= 11 is 7.23. The summed E-state index contributed by atoms with van der Waals surface area (Å²) in [5.41, 5.74) is 2.98. The molecular weight excluding hydrogens is 228 g/mol. The van der Waals surface area contributed by atoms with Crippen LogP contribution >= 0.6 is 23.4 Å². The highest BCUT2D eigenvalue weighted by atomic mass is 35.5. The molecular formula is C12H15ClOS. The molecule has 1 aliphatic rings. The van der Waals surface area contributed by atoms with E-state index in [-0.39, 0.29) is 0 Å². The number of aryl methyl sites for hydroxylation is 2. The zero-order chi connectivity index (χ0) is 10.7. The van der Waals surface area contributed by atoms with E-state index in [4.69, 9.17) is 11.6 Å². The minimum Gasteiger partial charge on any atom is -0.391 e. The SMILES string of the molecule is OC(CCl)CSc1ccc2c(c1)CCC2. The Morgan fingerprint density at radius 3 is 2.93 bits per heavy atom. The van der Waals surface area contributed by atoms with Crippen LogP contribution in [0.4, 0.5) is 0 Å². The largest absolute Gasteiger partial charge is 0.391 e. The lowest BCUT2D eigenvalue weighted by Crippen LogP contribution is -2.10. The number of hydrogen-bond donors (Lipinski definition) is 1. The Bertz CT molecular complexity index is 340. The molecule has 1 aromatic carbocycles. The second-order valence-corrected chi connectivity index (χ2v) is 5.31. The number of thioether (sulfide) groups is 1. The van der Waals surface area contributed by atoms with Gasteiger partial charge in [0.25, 0.3) is 0 Å². The fraction of sp³-hybridized carbons (Fsp3) is 0.500. The number of halogens is 1. The first kappa shape index (κ1) is 11.3. The molecule has 3 heteroatoms. The Labute approximate surface area is 99.8 Å². The second-order valence-electron chi connectivity index (χ2n) is 3.90. The van der Waals surface area contributed by atoms with Crippen LogP contribution in [0.25, 0.3) is 0 Å². The molecule has 0 amide bonds. The highest BCUT2D eigenvalue weighted by molar-refractivity contribution is 7.99. The summed E-state index contributed by atoms with van der Waals surface area (Å²) in [4.78, 5) is 1.25. The number of hydrogen-bond acceptors (Lipinski definition) is 2. The summed E-state index contributed by atoms with van der Waals surface area (Å²) in [5, 5.41) is 9.36. The van der Waals surface area contributed by atoms with Crippen LogP contribution in [0.3, 0.4) is 0 Å². The third-order valence-corrected chi connectivity index (χ3v) is 4.19. The van der Waals surface area contributed by atoms with E-state index in [0.717, 1.165) is 0 Å². The first-order chi connectivity index (χ1) is 7.29. The Hall–Kier alpha value is -0.180. The highest BCUT2D eigenvalue weighted by Crippen LogP contribution is 2.27. The maximum atomic E-state index is 9.36. The molecule has 0 bridgehead atoms. The average Bonchev–Trinajstić information content (AvgIpc) is 2.72. The number of aliphatic hydroxyl groups excluding tert-OH is 1. The lowest BCUT2D eigenvalue weighted by atomic mass is 10.1. The van der Waals surface area contributed by atoms with E-state index in [1.165, 1.54) is 35.3 Å². The van der Waals surface area contributed by atoms with Gasteiger partial charge in [0.15, 0.2) is 0 Å². The molecule has 15 heavy (non-hydrogen) atoms. The Kier molecular flexibility index (Phi) is 3.95. The summed E-state index contributed by atoms with van der Waals surface area (Å²) in [7, 11) is 0. The van der Waals surface area contributed by atoms with Crippen LogP contribution in [-0.4, -0.2) is 22.8 Å². The molecule has 82 valence electrons. The molecule has 0 aromatic heterocycles. The maximum Gasteiger partial charge on any atom is 0.0769 e. The van der Waals surface area contributed by atoms with E-state index < -0.39 is 6.10 Å². The van der Waals surface area contributed by atoms with Crippen molar-refractivity contribution in [1.82, 2.24) is 0 Å². The van der Waals surface area contributed by atoms with Crippen LogP contribution in [0.5, 0.6) is 0 Å². The predicted octanol–water partition coefficient (Wildman–Crippen LogP) is 2.87. The molecule has 0 fully saturated rings. The smallest absolute Gasteiger partial charge is 0.0769 e. The van der Waals surface area contributed by atoms with Crippen molar-refractivity contribution < 1.29 is 5.11 Å². The average molecular weight is 243 g/mol. The Balaban J connectivity index is 1.98. The first-order valence-electron chi connectivity index (χ1n) is 5.28. The van der Waals surface area contributed by atoms with Crippen molar-refractivity contribution in [3.8, 4) is 0 Å². The van der Waals surface area contributed by atoms with E-state index in [1.807, 2.05) is 0 Å². The molecule has 0 spiro atoms. The zero-order valence-corrected chi connectivity index (χ0v) is 10.2. The summed E-state index contributed by atoms with van der Waals surface area (Å²) in [6.45, 7) is 0. The maximum absolute atomic E-state index is 9.36. The van der Waals surface area contributed by atoms with Crippen molar-refractivity contribution in [3.05, 3.63) is 29.3 Å². The third-order valence-electron chi connectivity index (χ3n) is 2.69. The van der Waals surface area contributed by atoms with Crippen LogP contribution in [0.2, 0.25) is 0 Å². The number of alkyl halides is 1. The van der Waals surface area contributed by atoms with Gasteiger partial charge in [0.2, 0.25) is 0 Å². The number of fused-ring (bicyclic) bond motifs is 1. The summed E-state index contributed by atoms with van der Waals surface area (Å²) in [6, 6.07) is 6.63. The second kappa shape index (κ2) is 5.24. The molecule has 0 aliphatic heterocycles. The van der Waals surface area contributed by atoms with E-state index >= 15 is 0 Å². The van der Waals surface area contributed by atoms with Gasteiger partial charge >= 0.3 is 0 Å². The molecule has 1 nitrogen and oxygen atoms in total. The fourth-order valence-corrected chi connectivity index (χ4v) is 3.01.